The standard InChI is InChI=1S/C12H24N2O3S/c1-8(2)7-10(11(15)16)14-12(17)13-6-5-9(3)18-4/h8-10H,5-7H2,1-4H3,(H,15,16)(H2,13,14,17). The Morgan fingerprint density at radius 1 is 1.28 bits per heavy atom. The fourth-order valence-corrected chi connectivity index (χ4v) is 1.76. The normalized spacial score (nSPS) is 14.1. The third kappa shape index (κ3) is 8.22. The maximum atomic E-state index is 11.5. The van der Waals surface area contributed by atoms with E-state index in [0.717, 1.165) is 6.42 Å². The predicted molar refractivity (Wildman–Crippen MR) is 75.0 cm³/mol. The molecule has 2 unspecified atom stereocenters. The van der Waals surface area contributed by atoms with Gasteiger partial charge in [-0.15, -0.1) is 0 Å². The summed E-state index contributed by atoms with van der Waals surface area (Å²) < 4.78 is 0. The molecule has 0 aromatic carbocycles. The van der Waals surface area contributed by atoms with Gasteiger partial charge in [0.2, 0.25) is 0 Å². The van der Waals surface area contributed by atoms with Crippen molar-refractivity contribution < 1.29 is 14.7 Å². The maximum absolute atomic E-state index is 11.5. The Morgan fingerprint density at radius 2 is 1.89 bits per heavy atom. The molecule has 0 rings (SSSR count). The van der Waals surface area contributed by atoms with Crippen LogP contribution in [-0.4, -0.2) is 41.2 Å². The molecule has 0 aromatic rings. The maximum Gasteiger partial charge on any atom is 0.326 e. The minimum Gasteiger partial charge on any atom is -0.480 e. The van der Waals surface area contributed by atoms with Gasteiger partial charge in [-0.1, -0.05) is 20.8 Å². The number of rotatable bonds is 8. The lowest BCUT2D eigenvalue weighted by Crippen LogP contribution is -2.46. The van der Waals surface area contributed by atoms with E-state index in [-0.39, 0.29) is 5.92 Å². The van der Waals surface area contributed by atoms with Crippen LogP contribution in [0.2, 0.25) is 0 Å². The van der Waals surface area contributed by atoms with Crippen molar-refractivity contribution in [2.45, 2.75) is 44.9 Å². The lowest BCUT2D eigenvalue weighted by molar-refractivity contribution is -0.139. The van der Waals surface area contributed by atoms with Gasteiger partial charge in [0.15, 0.2) is 0 Å². The molecule has 0 heterocycles. The number of aliphatic carboxylic acids is 1. The van der Waals surface area contributed by atoms with Crippen molar-refractivity contribution >= 4 is 23.8 Å². The first kappa shape index (κ1) is 17.1. The molecule has 0 saturated heterocycles. The van der Waals surface area contributed by atoms with E-state index in [1.165, 1.54) is 0 Å². The first-order valence-electron chi connectivity index (χ1n) is 6.16. The molecule has 6 heteroatoms. The molecule has 0 aliphatic carbocycles. The van der Waals surface area contributed by atoms with E-state index in [1.54, 1.807) is 11.8 Å². The number of carbonyl (C=O) groups is 2. The van der Waals surface area contributed by atoms with Crippen molar-refractivity contribution in [1.82, 2.24) is 10.6 Å². The summed E-state index contributed by atoms with van der Waals surface area (Å²) >= 11 is 1.74. The largest absolute Gasteiger partial charge is 0.480 e. The van der Waals surface area contributed by atoms with Crippen LogP contribution < -0.4 is 10.6 Å². The van der Waals surface area contributed by atoms with E-state index in [4.69, 9.17) is 5.11 Å². The van der Waals surface area contributed by atoms with Crippen LogP contribution in [0.15, 0.2) is 0 Å². The zero-order chi connectivity index (χ0) is 14.1. The van der Waals surface area contributed by atoms with Gasteiger partial charge in [0.25, 0.3) is 0 Å². The quantitative estimate of drug-likeness (QED) is 0.633. The average molecular weight is 276 g/mol. The molecule has 0 radical (unpaired) electrons. The summed E-state index contributed by atoms with van der Waals surface area (Å²) in [6.45, 7) is 6.50. The molecule has 3 N–H and O–H groups in total. The number of carbonyl (C=O) groups excluding carboxylic acids is 1. The van der Waals surface area contributed by atoms with Crippen LogP contribution in [0.25, 0.3) is 0 Å². The number of urea groups is 1. The second-order valence-corrected chi connectivity index (χ2v) is 6.03. The van der Waals surface area contributed by atoms with E-state index in [1.807, 2.05) is 20.1 Å². The first-order chi connectivity index (χ1) is 8.36. The van der Waals surface area contributed by atoms with Crippen molar-refractivity contribution in [3.05, 3.63) is 0 Å². The number of hydrogen-bond acceptors (Lipinski definition) is 3. The molecule has 0 fully saturated rings. The van der Waals surface area contributed by atoms with Gasteiger partial charge < -0.3 is 15.7 Å². The molecule has 0 spiro atoms. The number of nitrogens with one attached hydrogen (secondary N) is 2. The lowest BCUT2D eigenvalue weighted by Gasteiger charge is -2.17. The van der Waals surface area contributed by atoms with Crippen molar-refractivity contribution in [3.63, 3.8) is 0 Å². The van der Waals surface area contributed by atoms with Crippen LogP contribution in [0.5, 0.6) is 0 Å². The van der Waals surface area contributed by atoms with Gasteiger partial charge >= 0.3 is 12.0 Å². The van der Waals surface area contributed by atoms with Gasteiger partial charge in [-0.25, -0.2) is 9.59 Å². The Kier molecular flexibility index (Phi) is 8.62. The molecule has 5 nitrogen and oxygen atoms in total. The van der Waals surface area contributed by atoms with Crippen molar-refractivity contribution in [1.29, 1.82) is 0 Å². The van der Waals surface area contributed by atoms with Gasteiger partial charge in [-0.05, 0) is 25.0 Å². The van der Waals surface area contributed by atoms with Crippen LogP contribution >= 0.6 is 11.8 Å². The Bertz CT molecular complexity index is 272. The van der Waals surface area contributed by atoms with Gasteiger partial charge in [-0.3, -0.25) is 0 Å². The zero-order valence-corrected chi connectivity index (χ0v) is 12.3. The summed E-state index contributed by atoms with van der Waals surface area (Å²) in [6.07, 6.45) is 3.33. The molecule has 2 atom stereocenters. The summed E-state index contributed by atoms with van der Waals surface area (Å²) in [6, 6.07) is -1.22. The third-order valence-corrected chi connectivity index (χ3v) is 3.59. The molecule has 0 aliphatic rings. The molecule has 0 saturated carbocycles. The number of carboxylic acid groups (broad SMARTS) is 1. The smallest absolute Gasteiger partial charge is 0.326 e. The van der Waals surface area contributed by atoms with Gasteiger partial charge in [0, 0.05) is 11.8 Å². The third-order valence-electron chi connectivity index (χ3n) is 2.55. The molecule has 0 aliphatic heterocycles. The molecule has 0 bridgehead atoms. The Balaban J connectivity index is 3.99. The second kappa shape index (κ2) is 9.08. The van der Waals surface area contributed by atoms with Crippen molar-refractivity contribution in [2.75, 3.05) is 12.8 Å². The minimum atomic E-state index is -0.990. The van der Waals surface area contributed by atoms with Crippen molar-refractivity contribution in [2.24, 2.45) is 5.92 Å². The monoisotopic (exact) mass is 276 g/mol. The average Bonchev–Trinajstić information content (AvgIpc) is 2.27. The van der Waals surface area contributed by atoms with Crippen LogP contribution in [0.3, 0.4) is 0 Å². The summed E-state index contributed by atoms with van der Waals surface area (Å²) in [5.74, 6) is -0.765. The van der Waals surface area contributed by atoms with Crippen LogP contribution in [-0.2, 0) is 4.79 Å². The molecule has 18 heavy (non-hydrogen) atoms. The summed E-state index contributed by atoms with van der Waals surface area (Å²) in [4.78, 5) is 22.5. The highest BCUT2D eigenvalue weighted by Crippen LogP contribution is 2.08. The SMILES string of the molecule is CSC(C)CCNC(=O)NC(CC(C)C)C(=O)O. The van der Waals surface area contributed by atoms with E-state index in [0.29, 0.717) is 18.2 Å². The molecule has 0 aromatic heterocycles. The fourth-order valence-electron chi connectivity index (χ4n) is 1.41. The van der Waals surface area contributed by atoms with E-state index < -0.39 is 18.0 Å². The molecular weight excluding hydrogens is 252 g/mol. The number of hydrogen-bond donors (Lipinski definition) is 3. The topological polar surface area (TPSA) is 78.4 Å². The van der Waals surface area contributed by atoms with E-state index >= 15 is 0 Å². The first-order valence-corrected chi connectivity index (χ1v) is 7.45. The highest BCUT2D eigenvalue weighted by molar-refractivity contribution is 7.99. The summed E-state index contributed by atoms with van der Waals surface area (Å²) in [5.41, 5.74) is 0. The predicted octanol–water partition coefficient (Wildman–Crippen LogP) is 1.93. The van der Waals surface area contributed by atoms with Gasteiger partial charge in [-0.2, -0.15) is 11.8 Å². The number of thioether (sulfide) groups is 1. The second-order valence-electron chi connectivity index (χ2n) is 4.76. The number of carboxylic acids is 1. The molecular formula is C12H24N2O3S. The summed E-state index contributed by atoms with van der Waals surface area (Å²) in [5, 5.41) is 14.6. The van der Waals surface area contributed by atoms with Gasteiger partial charge in [0.05, 0.1) is 0 Å². The van der Waals surface area contributed by atoms with Crippen molar-refractivity contribution in [3.8, 4) is 0 Å². The van der Waals surface area contributed by atoms with Crippen LogP contribution in [0.4, 0.5) is 4.79 Å². The van der Waals surface area contributed by atoms with Crippen LogP contribution in [0, 0.1) is 5.92 Å². The number of amides is 2. The molecule has 2 amide bonds. The van der Waals surface area contributed by atoms with E-state index in [2.05, 4.69) is 17.6 Å². The minimum absolute atomic E-state index is 0.225. The Hall–Kier alpha value is -0.910. The summed E-state index contributed by atoms with van der Waals surface area (Å²) in [7, 11) is 0. The fraction of sp³-hybridized carbons (Fsp3) is 0.833. The highest BCUT2D eigenvalue weighted by atomic mass is 32.2. The van der Waals surface area contributed by atoms with E-state index in [9.17, 15) is 9.59 Å². The van der Waals surface area contributed by atoms with Gasteiger partial charge in [0.1, 0.15) is 6.04 Å². The zero-order valence-electron chi connectivity index (χ0n) is 11.5. The Morgan fingerprint density at radius 3 is 2.33 bits per heavy atom. The van der Waals surface area contributed by atoms with Crippen LogP contribution in [0.1, 0.15) is 33.6 Å². The lowest BCUT2D eigenvalue weighted by atomic mass is 10.0. The Labute approximate surface area is 113 Å². The molecule has 106 valence electrons. The highest BCUT2D eigenvalue weighted by Gasteiger charge is 2.20.